The summed E-state index contributed by atoms with van der Waals surface area (Å²) in [6.45, 7) is 1.75. The Balaban J connectivity index is 1.82. The fourth-order valence-corrected chi connectivity index (χ4v) is 2.98. The lowest BCUT2D eigenvalue weighted by molar-refractivity contribution is -0.274. The number of aromatic nitrogens is 5. The average molecular weight is 417 g/mol. The van der Waals surface area contributed by atoms with Crippen molar-refractivity contribution in [3.05, 3.63) is 66.1 Å². The maximum atomic E-state index is 14.0. The summed E-state index contributed by atoms with van der Waals surface area (Å²) in [5, 5.41) is 8.72. The number of halogens is 4. The quantitative estimate of drug-likeness (QED) is 0.453. The summed E-state index contributed by atoms with van der Waals surface area (Å²) in [6, 6.07) is 11.3. The molecule has 0 saturated heterocycles. The standard InChI is InChI=1S/C20H15F4N5O/c1-12-9-13(11-14(21)10-12)19-25-18(17-7-8-28(2)26-17)27-29(19)15-3-5-16(6-4-15)30-20(22,23)24/h3-11H,1-2H3. The summed E-state index contributed by atoms with van der Waals surface area (Å²) in [7, 11) is 1.75. The van der Waals surface area contributed by atoms with Crippen LogP contribution >= 0.6 is 0 Å². The van der Waals surface area contributed by atoms with Gasteiger partial charge >= 0.3 is 6.36 Å². The minimum absolute atomic E-state index is 0.295. The van der Waals surface area contributed by atoms with Crippen LogP contribution in [0.4, 0.5) is 17.6 Å². The van der Waals surface area contributed by atoms with Crippen molar-refractivity contribution in [2.24, 2.45) is 7.05 Å². The molecule has 0 radical (unpaired) electrons. The van der Waals surface area contributed by atoms with E-state index >= 15 is 0 Å². The molecular weight excluding hydrogens is 402 g/mol. The van der Waals surface area contributed by atoms with Gasteiger partial charge < -0.3 is 4.74 Å². The molecule has 0 N–H and O–H groups in total. The van der Waals surface area contributed by atoms with Gasteiger partial charge in [0.15, 0.2) is 5.82 Å². The van der Waals surface area contributed by atoms with Crippen LogP contribution in [0, 0.1) is 12.7 Å². The highest BCUT2D eigenvalue weighted by Crippen LogP contribution is 2.28. The summed E-state index contributed by atoms with van der Waals surface area (Å²) < 4.78 is 58.2. The van der Waals surface area contributed by atoms with Crippen molar-refractivity contribution in [1.29, 1.82) is 0 Å². The highest BCUT2D eigenvalue weighted by Gasteiger charge is 2.31. The molecule has 10 heteroatoms. The summed E-state index contributed by atoms with van der Waals surface area (Å²) in [4.78, 5) is 4.50. The van der Waals surface area contributed by atoms with Crippen LogP contribution in [0.25, 0.3) is 28.6 Å². The van der Waals surface area contributed by atoms with Crippen LogP contribution in [0.2, 0.25) is 0 Å². The van der Waals surface area contributed by atoms with E-state index in [1.165, 1.54) is 41.1 Å². The Labute approximate surface area is 168 Å². The molecule has 0 fully saturated rings. The molecule has 4 rings (SSSR count). The van der Waals surface area contributed by atoms with Crippen LogP contribution in [-0.4, -0.2) is 30.9 Å². The third-order valence-corrected chi connectivity index (χ3v) is 4.17. The third-order valence-electron chi connectivity index (χ3n) is 4.17. The lowest BCUT2D eigenvalue weighted by atomic mass is 10.1. The second-order valence-electron chi connectivity index (χ2n) is 6.60. The number of aryl methyl sites for hydroxylation is 2. The largest absolute Gasteiger partial charge is 0.573 e. The van der Waals surface area contributed by atoms with Crippen LogP contribution in [0.15, 0.2) is 54.7 Å². The summed E-state index contributed by atoms with van der Waals surface area (Å²) >= 11 is 0. The van der Waals surface area contributed by atoms with E-state index in [9.17, 15) is 17.6 Å². The van der Waals surface area contributed by atoms with Crippen LogP contribution in [0.3, 0.4) is 0 Å². The summed E-state index contributed by atoms with van der Waals surface area (Å²) in [5.41, 5.74) is 2.09. The maximum absolute atomic E-state index is 14.0. The molecule has 2 aromatic carbocycles. The fraction of sp³-hybridized carbons (Fsp3) is 0.150. The molecule has 0 unspecified atom stereocenters. The van der Waals surface area contributed by atoms with Crippen molar-refractivity contribution >= 4 is 0 Å². The molecule has 0 aliphatic carbocycles. The summed E-state index contributed by atoms with van der Waals surface area (Å²) in [5.74, 6) is -0.182. The van der Waals surface area contributed by atoms with Gasteiger partial charge in [-0.2, -0.15) is 5.10 Å². The van der Waals surface area contributed by atoms with Gasteiger partial charge in [-0.05, 0) is 61.0 Å². The van der Waals surface area contributed by atoms with Gasteiger partial charge in [-0.15, -0.1) is 18.3 Å². The zero-order valence-corrected chi connectivity index (χ0v) is 15.9. The molecule has 0 saturated carbocycles. The van der Waals surface area contributed by atoms with E-state index in [-0.39, 0.29) is 5.75 Å². The zero-order valence-electron chi connectivity index (χ0n) is 15.9. The van der Waals surface area contributed by atoms with Crippen LogP contribution < -0.4 is 4.74 Å². The third kappa shape index (κ3) is 4.17. The monoisotopic (exact) mass is 417 g/mol. The Morgan fingerprint density at radius 3 is 2.30 bits per heavy atom. The Morgan fingerprint density at radius 2 is 1.70 bits per heavy atom. The van der Waals surface area contributed by atoms with Gasteiger partial charge in [-0.25, -0.2) is 14.1 Å². The highest BCUT2D eigenvalue weighted by atomic mass is 19.4. The Bertz CT molecular complexity index is 1170. The van der Waals surface area contributed by atoms with E-state index < -0.39 is 12.2 Å². The number of hydrogen-bond donors (Lipinski definition) is 0. The van der Waals surface area contributed by atoms with Gasteiger partial charge in [0, 0.05) is 18.8 Å². The van der Waals surface area contributed by atoms with Crippen molar-refractivity contribution in [3.8, 4) is 34.3 Å². The molecular formula is C20H15F4N5O. The van der Waals surface area contributed by atoms with Crippen molar-refractivity contribution in [2.45, 2.75) is 13.3 Å². The second-order valence-corrected chi connectivity index (χ2v) is 6.60. The number of nitrogens with zero attached hydrogens (tertiary/aromatic N) is 5. The van der Waals surface area contributed by atoms with E-state index in [2.05, 4.69) is 19.9 Å². The minimum atomic E-state index is -4.79. The molecule has 6 nitrogen and oxygen atoms in total. The van der Waals surface area contributed by atoms with Crippen molar-refractivity contribution in [3.63, 3.8) is 0 Å². The smallest absolute Gasteiger partial charge is 0.406 e. The predicted octanol–water partition coefficient (Wildman–Crippen LogP) is 4.68. The van der Waals surface area contributed by atoms with Crippen LogP contribution in [0.5, 0.6) is 5.75 Å². The molecule has 154 valence electrons. The van der Waals surface area contributed by atoms with Gasteiger partial charge in [0.2, 0.25) is 5.82 Å². The number of hydrogen-bond acceptors (Lipinski definition) is 4. The van der Waals surface area contributed by atoms with E-state index in [4.69, 9.17) is 0 Å². The molecule has 30 heavy (non-hydrogen) atoms. The van der Waals surface area contributed by atoms with Crippen molar-refractivity contribution < 1.29 is 22.3 Å². The number of benzene rings is 2. The SMILES string of the molecule is Cc1cc(F)cc(-c2nc(-c3ccn(C)n3)nn2-c2ccc(OC(F)(F)F)cc2)c1. The lowest BCUT2D eigenvalue weighted by Crippen LogP contribution is -2.17. The molecule has 0 amide bonds. The number of rotatable bonds is 4. The van der Waals surface area contributed by atoms with E-state index in [0.717, 1.165) is 0 Å². The first-order chi connectivity index (χ1) is 14.2. The molecule has 0 spiro atoms. The normalized spacial score (nSPS) is 11.7. The zero-order chi connectivity index (χ0) is 21.5. The molecule has 4 aromatic rings. The molecule has 0 aliphatic heterocycles. The predicted molar refractivity (Wildman–Crippen MR) is 100 cm³/mol. The number of alkyl halides is 3. The van der Waals surface area contributed by atoms with Crippen LogP contribution in [-0.2, 0) is 7.05 Å². The first-order valence-corrected chi connectivity index (χ1v) is 8.79. The lowest BCUT2D eigenvalue weighted by Gasteiger charge is -2.10. The van der Waals surface area contributed by atoms with E-state index in [1.807, 2.05) is 0 Å². The molecule has 0 bridgehead atoms. The van der Waals surface area contributed by atoms with Crippen molar-refractivity contribution in [2.75, 3.05) is 0 Å². The molecule has 2 aromatic heterocycles. The summed E-state index contributed by atoms with van der Waals surface area (Å²) in [6.07, 6.45) is -3.06. The van der Waals surface area contributed by atoms with Crippen molar-refractivity contribution in [1.82, 2.24) is 24.5 Å². The highest BCUT2D eigenvalue weighted by molar-refractivity contribution is 5.63. The Morgan fingerprint density at radius 1 is 0.967 bits per heavy atom. The van der Waals surface area contributed by atoms with Gasteiger partial charge in [0.1, 0.15) is 17.3 Å². The minimum Gasteiger partial charge on any atom is -0.406 e. The fourth-order valence-electron chi connectivity index (χ4n) is 2.98. The molecule has 2 heterocycles. The maximum Gasteiger partial charge on any atom is 0.573 e. The Hall–Kier alpha value is -3.69. The van der Waals surface area contributed by atoms with Gasteiger partial charge in [0.05, 0.1) is 5.69 Å². The first-order valence-electron chi connectivity index (χ1n) is 8.79. The Kier molecular flexibility index (Phi) is 4.76. The average Bonchev–Trinajstić information content (AvgIpc) is 3.27. The van der Waals surface area contributed by atoms with E-state index in [1.54, 1.807) is 37.0 Å². The number of ether oxygens (including phenoxy) is 1. The van der Waals surface area contributed by atoms with Crippen LogP contribution in [0.1, 0.15) is 5.56 Å². The van der Waals surface area contributed by atoms with Gasteiger partial charge in [-0.1, -0.05) is 0 Å². The molecule has 0 aliphatic rings. The second kappa shape index (κ2) is 7.29. The first kappa shape index (κ1) is 19.6. The van der Waals surface area contributed by atoms with Gasteiger partial charge in [0.25, 0.3) is 0 Å². The molecule has 0 atom stereocenters. The topological polar surface area (TPSA) is 57.8 Å². The van der Waals surface area contributed by atoms with E-state index in [0.29, 0.717) is 34.2 Å². The van der Waals surface area contributed by atoms with Gasteiger partial charge in [-0.3, -0.25) is 4.68 Å².